The average molecular weight is 303 g/mol. The highest BCUT2D eigenvalue weighted by Crippen LogP contribution is 2.21. The van der Waals surface area contributed by atoms with E-state index < -0.39 is 12.0 Å². The second kappa shape index (κ2) is 7.04. The van der Waals surface area contributed by atoms with Crippen LogP contribution in [0.2, 0.25) is 0 Å². The molecule has 1 atom stereocenters. The molecule has 1 aromatic heterocycles. The number of thiophene rings is 1. The van der Waals surface area contributed by atoms with E-state index in [0.717, 1.165) is 16.7 Å². The lowest BCUT2D eigenvalue weighted by Gasteiger charge is -2.19. The summed E-state index contributed by atoms with van der Waals surface area (Å²) in [7, 11) is 0. The molecule has 2 rings (SSSR count). The van der Waals surface area contributed by atoms with Crippen molar-refractivity contribution in [2.75, 3.05) is 0 Å². The van der Waals surface area contributed by atoms with Crippen molar-refractivity contribution in [3.8, 4) is 0 Å². The number of carboxylic acid groups (broad SMARTS) is 1. The highest BCUT2D eigenvalue weighted by Gasteiger charge is 2.19. The Bertz CT molecular complexity index is 622. The van der Waals surface area contributed by atoms with Crippen LogP contribution in [0.25, 0.3) is 0 Å². The number of nitrogens with one attached hydrogen (secondary N) is 1. The van der Waals surface area contributed by atoms with Gasteiger partial charge in [0.05, 0.1) is 18.9 Å². The third-order valence-electron chi connectivity index (χ3n) is 3.22. The maximum Gasteiger partial charge on any atom is 0.305 e. The van der Waals surface area contributed by atoms with Gasteiger partial charge < -0.3 is 10.4 Å². The van der Waals surface area contributed by atoms with Crippen LogP contribution in [-0.4, -0.2) is 17.0 Å². The number of hydrogen-bond acceptors (Lipinski definition) is 3. The monoisotopic (exact) mass is 303 g/mol. The number of rotatable bonds is 6. The lowest BCUT2D eigenvalue weighted by Crippen LogP contribution is -2.31. The van der Waals surface area contributed by atoms with E-state index in [1.807, 2.05) is 48.0 Å². The summed E-state index contributed by atoms with van der Waals surface area (Å²) in [6.45, 7) is 1.91. The van der Waals surface area contributed by atoms with Crippen LogP contribution in [0.5, 0.6) is 0 Å². The standard InChI is InChI=1S/C16H17NO3S/c1-11-4-2-3-5-13(11)14(9-16(19)20)17-15(18)8-12-6-7-21-10-12/h2-7,10,14H,8-9H2,1H3,(H,17,18)(H,19,20). The zero-order valence-electron chi connectivity index (χ0n) is 11.7. The molecule has 0 bridgehead atoms. The van der Waals surface area contributed by atoms with E-state index in [0.29, 0.717) is 0 Å². The first kappa shape index (κ1) is 15.3. The van der Waals surface area contributed by atoms with E-state index in [1.165, 1.54) is 11.3 Å². The number of carbonyl (C=O) groups is 2. The lowest BCUT2D eigenvalue weighted by atomic mass is 9.98. The first-order valence-corrected chi connectivity index (χ1v) is 7.58. The lowest BCUT2D eigenvalue weighted by molar-refractivity contribution is -0.137. The van der Waals surface area contributed by atoms with E-state index in [2.05, 4.69) is 5.32 Å². The van der Waals surface area contributed by atoms with Gasteiger partial charge in [0, 0.05) is 0 Å². The third-order valence-corrected chi connectivity index (χ3v) is 3.95. The molecule has 21 heavy (non-hydrogen) atoms. The third kappa shape index (κ3) is 4.43. The first-order chi connectivity index (χ1) is 10.1. The number of hydrogen-bond donors (Lipinski definition) is 2. The minimum Gasteiger partial charge on any atom is -0.481 e. The fourth-order valence-corrected chi connectivity index (χ4v) is 2.88. The Kier molecular flexibility index (Phi) is 5.11. The summed E-state index contributed by atoms with van der Waals surface area (Å²) < 4.78 is 0. The van der Waals surface area contributed by atoms with Crippen LogP contribution in [0, 0.1) is 6.92 Å². The molecule has 1 unspecified atom stereocenters. The number of aliphatic carboxylic acids is 1. The second-order valence-corrected chi connectivity index (χ2v) is 5.66. The molecule has 1 amide bonds. The summed E-state index contributed by atoms with van der Waals surface area (Å²) in [5.74, 6) is -1.10. The summed E-state index contributed by atoms with van der Waals surface area (Å²) in [6, 6.07) is 8.90. The Morgan fingerprint density at radius 3 is 2.67 bits per heavy atom. The molecule has 5 heteroatoms. The topological polar surface area (TPSA) is 66.4 Å². The zero-order chi connectivity index (χ0) is 15.2. The van der Waals surface area contributed by atoms with E-state index in [9.17, 15) is 9.59 Å². The molecule has 0 spiro atoms. The molecule has 1 aromatic carbocycles. The maximum absolute atomic E-state index is 12.1. The molecule has 1 heterocycles. The quantitative estimate of drug-likeness (QED) is 0.862. The van der Waals surface area contributed by atoms with Crippen LogP contribution in [-0.2, 0) is 16.0 Å². The van der Waals surface area contributed by atoms with Gasteiger partial charge in [-0.1, -0.05) is 24.3 Å². The summed E-state index contributed by atoms with van der Waals surface area (Å²) >= 11 is 1.54. The van der Waals surface area contributed by atoms with Gasteiger partial charge in [0.1, 0.15) is 0 Å². The van der Waals surface area contributed by atoms with E-state index >= 15 is 0 Å². The zero-order valence-corrected chi connectivity index (χ0v) is 12.5. The smallest absolute Gasteiger partial charge is 0.305 e. The van der Waals surface area contributed by atoms with Crippen molar-refractivity contribution in [2.24, 2.45) is 0 Å². The fourth-order valence-electron chi connectivity index (χ4n) is 2.22. The first-order valence-electron chi connectivity index (χ1n) is 6.64. The molecule has 0 saturated heterocycles. The number of benzene rings is 1. The maximum atomic E-state index is 12.1. The van der Waals surface area contributed by atoms with Gasteiger partial charge in [-0.25, -0.2) is 0 Å². The molecule has 2 N–H and O–H groups in total. The van der Waals surface area contributed by atoms with Gasteiger partial charge in [-0.2, -0.15) is 11.3 Å². The number of amides is 1. The van der Waals surface area contributed by atoms with Crippen LogP contribution in [0.15, 0.2) is 41.1 Å². The molecule has 0 aliphatic heterocycles. The minimum absolute atomic E-state index is 0.125. The molecule has 0 aliphatic carbocycles. The van der Waals surface area contributed by atoms with Crippen molar-refractivity contribution in [3.05, 3.63) is 57.8 Å². The Balaban J connectivity index is 2.11. The van der Waals surface area contributed by atoms with Gasteiger partial charge in [0.2, 0.25) is 5.91 Å². The minimum atomic E-state index is -0.931. The van der Waals surface area contributed by atoms with E-state index in [-0.39, 0.29) is 18.7 Å². The number of aryl methyl sites for hydroxylation is 1. The SMILES string of the molecule is Cc1ccccc1C(CC(=O)O)NC(=O)Cc1ccsc1. The summed E-state index contributed by atoms with van der Waals surface area (Å²) in [5, 5.41) is 15.7. The average Bonchev–Trinajstić information content (AvgIpc) is 2.90. The van der Waals surface area contributed by atoms with Crippen molar-refractivity contribution in [3.63, 3.8) is 0 Å². The molecule has 0 saturated carbocycles. The Morgan fingerprint density at radius 2 is 2.05 bits per heavy atom. The summed E-state index contributed by atoms with van der Waals surface area (Å²) in [6.07, 6.45) is 0.145. The molecular formula is C16H17NO3S. The van der Waals surface area contributed by atoms with Crippen LogP contribution in [0.4, 0.5) is 0 Å². The van der Waals surface area contributed by atoms with Gasteiger partial charge in [-0.15, -0.1) is 0 Å². The molecule has 2 aromatic rings. The molecule has 0 aliphatic rings. The van der Waals surface area contributed by atoms with Crippen LogP contribution in [0.1, 0.15) is 29.2 Å². The van der Waals surface area contributed by atoms with Crippen LogP contribution >= 0.6 is 11.3 Å². The van der Waals surface area contributed by atoms with Crippen molar-refractivity contribution in [1.82, 2.24) is 5.32 Å². The summed E-state index contributed by atoms with van der Waals surface area (Å²) in [5.41, 5.74) is 2.76. The highest BCUT2D eigenvalue weighted by atomic mass is 32.1. The van der Waals surface area contributed by atoms with Gasteiger partial charge >= 0.3 is 5.97 Å². The van der Waals surface area contributed by atoms with Crippen molar-refractivity contribution in [2.45, 2.75) is 25.8 Å². The van der Waals surface area contributed by atoms with Gasteiger partial charge in [-0.3, -0.25) is 9.59 Å². The van der Waals surface area contributed by atoms with Gasteiger partial charge in [0.15, 0.2) is 0 Å². The molecular weight excluding hydrogens is 286 g/mol. The van der Waals surface area contributed by atoms with Gasteiger partial charge in [0.25, 0.3) is 0 Å². The molecule has 4 nitrogen and oxygen atoms in total. The molecule has 0 fully saturated rings. The van der Waals surface area contributed by atoms with Crippen LogP contribution in [0.3, 0.4) is 0 Å². The van der Waals surface area contributed by atoms with Gasteiger partial charge in [-0.05, 0) is 40.4 Å². The fraction of sp³-hybridized carbons (Fsp3) is 0.250. The van der Waals surface area contributed by atoms with E-state index in [1.54, 1.807) is 0 Å². The van der Waals surface area contributed by atoms with Crippen molar-refractivity contribution < 1.29 is 14.7 Å². The number of carbonyl (C=O) groups excluding carboxylic acids is 1. The Morgan fingerprint density at radius 1 is 1.29 bits per heavy atom. The Hall–Kier alpha value is -2.14. The predicted molar refractivity (Wildman–Crippen MR) is 82.3 cm³/mol. The predicted octanol–water partition coefficient (Wildman–Crippen LogP) is 2.93. The van der Waals surface area contributed by atoms with Crippen molar-refractivity contribution in [1.29, 1.82) is 0 Å². The second-order valence-electron chi connectivity index (χ2n) is 4.88. The van der Waals surface area contributed by atoms with E-state index in [4.69, 9.17) is 5.11 Å². The summed E-state index contributed by atoms with van der Waals surface area (Å²) in [4.78, 5) is 23.1. The highest BCUT2D eigenvalue weighted by molar-refractivity contribution is 7.07. The molecule has 0 radical (unpaired) electrons. The largest absolute Gasteiger partial charge is 0.481 e. The molecule has 110 valence electrons. The van der Waals surface area contributed by atoms with Crippen molar-refractivity contribution >= 4 is 23.2 Å². The normalized spacial score (nSPS) is 11.9. The van der Waals surface area contributed by atoms with Crippen LogP contribution < -0.4 is 5.32 Å². The number of carboxylic acids is 1. The Labute approximate surface area is 127 Å².